The number of carbonyl (C=O) groups excluding carboxylic acids is 1. The van der Waals surface area contributed by atoms with Gasteiger partial charge in [-0.05, 0) is 49.9 Å². The summed E-state index contributed by atoms with van der Waals surface area (Å²) < 4.78 is 16.5. The molecule has 1 atom stereocenters. The topological polar surface area (TPSA) is 77.2 Å². The number of fused-ring (bicyclic) bond motifs is 1. The Hall–Kier alpha value is -3.61. The zero-order valence-electron chi connectivity index (χ0n) is 20.6. The minimum Gasteiger partial charge on any atom is -0.493 e. The van der Waals surface area contributed by atoms with Crippen LogP contribution in [-0.4, -0.2) is 42.0 Å². The van der Waals surface area contributed by atoms with Crippen LogP contribution in [0.25, 0.3) is 11.1 Å². The zero-order valence-corrected chi connectivity index (χ0v) is 20.6. The van der Waals surface area contributed by atoms with Crippen molar-refractivity contribution in [2.24, 2.45) is 5.10 Å². The first-order valence-electron chi connectivity index (χ1n) is 11.6. The van der Waals surface area contributed by atoms with E-state index in [4.69, 9.17) is 19.1 Å². The van der Waals surface area contributed by atoms with E-state index in [0.717, 1.165) is 51.4 Å². The van der Waals surface area contributed by atoms with Crippen molar-refractivity contribution < 1.29 is 18.8 Å². The minimum absolute atomic E-state index is 0.00317. The molecule has 7 nitrogen and oxygen atoms in total. The molecule has 1 aromatic heterocycles. The fourth-order valence-electron chi connectivity index (χ4n) is 4.54. The third-order valence-electron chi connectivity index (χ3n) is 6.38. The number of rotatable bonds is 6. The van der Waals surface area contributed by atoms with Crippen LogP contribution in [0.3, 0.4) is 0 Å². The van der Waals surface area contributed by atoms with Crippen LogP contribution < -0.4 is 9.47 Å². The fourth-order valence-corrected chi connectivity index (χ4v) is 4.54. The number of benzene rings is 2. The van der Waals surface area contributed by atoms with E-state index in [2.05, 4.69) is 12.1 Å². The Kier molecular flexibility index (Phi) is 6.72. The zero-order chi connectivity index (χ0) is 24.4. The van der Waals surface area contributed by atoms with Crippen LogP contribution in [0, 0.1) is 13.8 Å². The van der Waals surface area contributed by atoms with Gasteiger partial charge in [0.2, 0.25) is 5.91 Å². The minimum atomic E-state index is -0.0385. The normalized spacial score (nSPS) is 15.4. The summed E-state index contributed by atoms with van der Waals surface area (Å²) in [7, 11) is 3.26. The van der Waals surface area contributed by atoms with Crippen LogP contribution in [0.15, 0.2) is 46.0 Å². The first-order valence-corrected chi connectivity index (χ1v) is 11.6. The number of carbonyl (C=O) groups is 1. The van der Waals surface area contributed by atoms with Crippen LogP contribution >= 0.6 is 0 Å². The first kappa shape index (κ1) is 23.5. The van der Waals surface area contributed by atoms with E-state index >= 15 is 0 Å². The van der Waals surface area contributed by atoms with E-state index < -0.39 is 0 Å². The summed E-state index contributed by atoms with van der Waals surface area (Å²) in [4.78, 5) is 12.9. The van der Waals surface area contributed by atoms with E-state index in [1.54, 1.807) is 19.2 Å². The molecule has 0 spiro atoms. The molecule has 0 saturated carbocycles. The molecule has 0 bridgehead atoms. The molecule has 34 heavy (non-hydrogen) atoms. The summed E-state index contributed by atoms with van der Waals surface area (Å²) in [5.41, 5.74) is 6.53. The van der Waals surface area contributed by atoms with E-state index in [1.807, 2.05) is 57.2 Å². The molecular formula is C27H31N3O4. The van der Waals surface area contributed by atoms with Crippen molar-refractivity contribution in [3.8, 4) is 22.6 Å². The lowest BCUT2D eigenvalue weighted by Crippen LogP contribution is -2.36. The molecule has 0 fully saturated rings. The van der Waals surface area contributed by atoms with Gasteiger partial charge in [-0.3, -0.25) is 4.79 Å². The van der Waals surface area contributed by atoms with Gasteiger partial charge in [0.25, 0.3) is 0 Å². The summed E-state index contributed by atoms with van der Waals surface area (Å²) in [6.45, 7) is 7.80. The second kappa shape index (κ2) is 9.71. The number of methoxy groups -OCH3 is 2. The molecule has 3 aromatic rings. The van der Waals surface area contributed by atoms with E-state index in [-0.39, 0.29) is 11.9 Å². The van der Waals surface area contributed by atoms with Crippen LogP contribution in [0.2, 0.25) is 0 Å². The van der Waals surface area contributed by atoms with Gasteiger partial charge in [0.05, 0.1) is 31.7 Å². The smallest absolute Gasteiger partial charge is 0.242 e. The van der Waals surface area contributed by atoms with Crippen LogP contribution in [-0.2, 0) is 11.2 Å². The molecule has 0 aliphatic carbocycles. The molecule has 1 aliphatic heterocycles. The van der Waals surface area contributed by atoms with Gasteiger partial charge in [-0.15, -0.1) is 0 Å². The molecule has 0 radical (unpaired) electrons. The molecule has 1 aliphatic rings. The Morgan fingerprint density at radius 1 is 1.06 bits per heavy atom. The maximum Gasteiger partial charge on any atom is 0.242 e. The van der Waals surface area contributed by atoms with Gasteiger partial charge in [0, 0.05) is 23.1 Å². The monoisotopic (exact) mass is 461 g/mol. The molecule has 1 amide bonds. The summed E-state index contributed by atoms with van der Waals surface area (Å²) in [5.74, 6) is 2.08. The summed E-state index contributed by atoms with van der Waals surface area (Å²) in [5, 5.41) is 10.7. The van der Waals surface area contributed by atoms with Crippen molar-refractivity contribution in [2.75, 3.05) is 14.2 Å². The van der Waals surface area contributed by atoms with Gasteiger partial charge in [0.1, 0.15) is 5.76 Å². The summed E-state index contributed by atoms with van der Waals surface area (Å²) >= 11 is 0. The van der Waals surface area contributed by atoms with Crippen LogP contribution in [0.5, 0.6) is 11.5 Å². The lowest BCUT2D eigenvalue weighted by atomic mass is 9.92. The predicted octanol–water partition coefficient (Wildman–Crippen LogP) is 5.30. The van der Waals surface area contributed by atoms with E-state index in [0.29, 0.717) is 24.3 Å². The van der Waals surface area contributed by atoms with Crippen LogP contribution in [0.4, 0.5) is 0 Å². The molecule has 178 valence electrons. The Bertz CT molecular complexity index is 1210. The molecule has 0 N–H and O–H groups in total. The first-order chi connectivity index (χ1) is 16.4. The Labute approximate surface area is 200 Å². The Balaban J connectivity index is 1.89. The lowest BCUT2D eigenvalue weighted by Gasteiger charge is -2.25. The number of hydrogen-bond acceptors (Lipinski definition) is 6. The molecule has 2 aromatic carbocycles. The lowest BCUT2D eigenvalue weighted by molar-refractivity contribution is -0.133. The largest absolute Gasteiger partial charge is 0.493 e. The number of aryl methyl sites for hydroxylation is 2. The molecule has 2 heterocycles. The van der Waals surface area contributed by atoms with Gasteiger partial charge in [-0.25, -0.2) is 5.01 Å². The van der Waals surface area contributed by atoms with Gasteiger partial charge in [-0.1, -0.05) is 43.3 Å². The van der Waals surface area contributed by atoms with Gasteiger partial charge < -0.3 is 14.0 Å². The van der Waals surface area contributed by atoms with Crippen molar-refractivity contribution in [1.82, 2.24) is 10.2 Å². The van der Waals surface area contributed by atoms with Crippen molar-refractivity contribution in [1.29, 1.82) is 0 Å². The average molecular weight is 462 g/mol. The highest BCUT2D eigenvalue weighted by atomic mass is 16.5. The van der Waals surface area contributed by atoms with Crippen molar-refractivity contribution in [3.63, 3.8) is 0 Å². The fraction of sp³-hybridized carbons (Fsp3) is 0.370. The highest BCUT2D eigenvalue weighted by Crippen LogP contribution is 2.35. The van der Waals surface area contributed by atoms with Crippen molar-refractivity contribution >= 4 is 11.6 Å². The Morgan fingerprint density at radius 3 is 2.26 bits per heavy atom. The Morgan fingerprint density at radius 2 is 1.71 bits per heavy atom. The second-order valence-electron chi connectivity index (χ2n) is 8.45. The van der Waals surface area contributed by atoms with Gasteiger partial charge in [-0.2, -0.15) is 5.10 Å². The highest BCUT2D eigenvalue weighted by molar-refractivity contribution is 6.14. The average Bonchev–Trinajstić information content (AvgIpc) is 3.11. The standard InChI is InChI=1S/C27H31N3O4/c1-7-21-13-20-14-23(32-5)24(33-6)15-22(20)27(28-30(21)25(31)8-2)19-11-9-18(10-12-19)26-16(3)29-34-17(26)4/h9-12,14-15,21H,7-8,13H2,1-6H3. The third-order valence-corrected chi connectivity index (χ3v) is 6.38. The number of amides is 1. The van der Waals surface area contributed by atoms with Crippen LogP contribution in [0.1, 0.15) is 54.8 Å². The highest BCUT2D eigenvalue weighted by Gasteiger charge is 2.29. The number of hydrogen-bond donors (Lipinski definition) is 0. The predicted molar refractivity (Wildman–Crippen MR) is 132 cm³/mol. The maximum atomic E-state index is 12.9. The molecule has 4 rings (SSSR count). The number of ether oxygens (including phenoxy) is 2. The quantitative estimate of drug-likeness (QED) is 0.498. The maximum absolute atomic E-state index is 12.9. The third kappa shape index (κ3) is 4.18. The van der Waals surface area contributed by atoms with E-state index in [9.17, 15) is 4.79 Å². The number of hydrazone groups is 1. The van der Waals surface area contributed by atoms with Crippen molar-refractivity contribution in [3.05, 3.63) is 64.5 Å². The SMILES string of the molecule is CCC(=O)N1N=C(c2ccc(-c3c(C)noc3C)cc2)c2cc(OC)c(OC)cc2CC1CC. The molecular weight excluding hydrogens is 430 g/mol. The van der Waals surface area contributed by atoms with Gasteiger partial charge >= 0.3 is 0 Å². The molecule has 1 unspecified atom stereocenters. The summed E-state index contributed by atoms with van der Waals surface area (Å²) in [6, 6.07) is 12.1. The molecule has 0 saturated heterocycles. The van der Waals surface area contributed by atoms with Crippen molar-refractivity contribution in [2.45, 2.75) is 53.0 Å². The number of nitrogens with zero attached hydrogens (tertiary/aromatic N) is 3. The molecule has 7 heteroatoms. The number of aromatic nitrogens is 1. The van der Waals surface area contributed by atoms with Gasteiger partial charge in [0.15, 0.2) is 11.5 Å². The summed E-state index contributed by atoms with van der Waals surface area (Å²) in [6.07, 6.45) is 1.87. The second-order valence-corrected chi connectivity index (χ2v) is 8.45. The van der Waals surface area contributed by atoms with E-state index in [1.165, 1.54) is 0 Å².